The summed E-state index contributed by atoms with van der Waals surface area (Å²) < 4.78 is 3.89. The van der Waals surface area contributed by atoms with E-state index in [1.54, 1.807) is 10.6 Å². The Morgan fingerprint density at radius 3 is 3.09 bits per heavy atom. The van der Waals surface area contributed by atoms with E-state index in [-0.39, 0.29) is 17.5 Å². The average Bonchev–Trinajstić information content (AvgIpc) is 3.20. The zero-order chi connectivity index (χ0) is 16.0. The minimum absolute atomic E-state index is 0.0313. The predicted molar refractivity (Wildman–Crippen MR) is 87.8 cm³/mol. The standard InChI is InChI=1S/C16H16N4O2S/c1-2-11-12-4-3-5-18(12)6-7-19(11)15(22)13-10-14(21)17-16-20(13)8-9-23-16/h3-5,8-11H,2,6-7H2,1H3/t11-/m0/s1. The largest absolute Gasteiger partial charge is 0.348 e. The topological polar surface area (TPSA) is 59.6 Å². The lowest BCUT2D eigenvalue weighted by molar-refractivity contribution is 0.0610. The van der Waals surface area contributed by atoms with Gasteiger partial charge in [-0.25, -0.2) is 0 Å². The van der Waals surface area contributed by atoms with Gasteiger partial charge in [0.2, 0.25) is 0 Å². The van der Waals surface area contributed by atoms with Crippen molar-refractivity contribution in [3.05, 3.63) is 57.7 Å². The lowest BCUT2D eigenvalue weighted by Crippen LogP contribution is -2.42. The summed E-state index contributed by atoms with van der Waals surface area (Å²) in [7, 11) is 0. The minimum atomic E-state index is -0.371. The summed E-state index contributed by atoms with van der Waals surface area (Å²) in [4.78, 5) is 31.3. The highest BCUT2D eigenvalue weighted by Crippen LogP contribution is 2.30. The summed E-state index contributed by atoms with van der Waals surface area (Å²) in [5, 5.41) is 1.83. The zero-order valence-corrected chi connectivity index (χ0v) is 13.5. The van der Waals surface area contributed by atoms with Crippen LogP contribution in [0.3, 0.4) is 0 Å². The number of carbonyl (C=O) groups is 1. The number of nitrogens with zero attached hydrogens (tertiary/aromatic N) is 4. The fourth-order valence-corrected chi connectivity index (χ4v) is 4.02. The zero-order valence-electron chi connectivity index (χ0n) is 12.7. The Hall–Kier alpha value is -2.41. The van der Waals surface area contributed by atoms with Gasteiger partial charge in [-0.15, -0.1) is 11.3 Å². The first-order chi connectivity index (χ1) is 11.2. The van der Waals surface area contributed by atoms with Crippen LogP contribution >= 0.6 is 11.3 Å². The second kappa shape index (κ2) is 5.34. The van der Waals surface area contributed by atoms with Crippen LogP contribution in [0.5, 0.6) is 0 Å². The third-order valence-electron chi connectivity index (χ3n) is 4.35. The second-order valence-corrected chi connectivity index (χ2v) is 6.46. The van der Waals surface area contributed by atoms with Gasteiger partial charge in [-0.1, -0.05) is 6.92 Å². The molecule has 0 spiro atoms. The summed E-state index contributed by atoms with van der Waals surface area (Å²) in [6.45, 7) is 3.49. The lowest BCUT2D eigenvalue weighted by atomic mass is 10.1. The van der Waals surface area contributed by atoms with Gasteiger partial charge < -0.3 is 9.47 Å². The van der Waals surface area contributed by atoms with Gasteiger partial charge in [-0.05, 0) is 18.6 Å². The summed E-state index contributed by atoms with van der Waals surface area (Å²) in [6, 6.07) is 5.44. The summed E-state index contributed by atoms with van der Waals surface area (Å²) >= 11 is 1.35. The molecule has 0 saturated carbocycles. The van der Waals surface area contributed by atoms with Crippen LogP contribution in [0.25, 0.3) is 4.96 Å². The third-order valence-corrected chi connectivity index (χ3v) is 5.10. The molecule has 7 heteroatoms. The van der Waals surface area contributed by atoms with Crippen molar-refractivity contribution < 1.29 is 4.79 Å². The van der Waals surface area contributed by atoms with Crippen molar-refractivity contribution in [2.75, 3.05) is 6.54 Å². The van der Waals surface area contributed by atoms with E-state index >= 15 is 0 Å². The van der Waals surface area contributed by atoms with Gasteiger partial charge in [0.25, 0.3) is 11.5 Å². The van der Waals surface area contributed by atoms with Crippen molar-refractivity contribution in [1.82, 2.24) is 18.9 Å². The number of fused-ring (bicyclic) bond motifs is 2. The van der Waals surface area contributed by atoms with Crippen LogP contribution in [-0.2, 0) is 6.54 Å². The Morgan fingerprint density at radius 2 is 2.26 bits per heavy atom. The highest BCUT2D eigenvalue weighted by atomic mass is 32.1. The van der Waals surface area contributed by atoms with Gasteiger partial charge in [0.15, 0.2) is 4.96 Å². The van der Waals surface area contributed by atoms with Gasteiger partial charge >= 0.3 is 0 Å². The van der Waals surface area contributed by atoms with E-state index < -0.39 is 0 Å². The molecule has 1 aliphatic rings. The summed E-state index contributed by atoms with van der Waals surface area (Å²) in [5.74, 6) is -0.114. The van der Waals surface area contributed by atoms with Crippen molar-refractivity contribution >= 4 is 22.2 Å². The molecular formula is C16H16N4O2S. The first-order valence-corrected chi connectivity index (χ1v) is 8.50. The van der Waals surface area contributed by atoms with Gasteiger partial charge in [0.1, 0.15) is 5.69 Å². The van der Waals surface area contributed by atoms with Crippen molar-refractivity contribution in [1.29, 1.82) is 0 Å². The Labute approximate surface area is 136 Å². The van der Waals surface area contributed by atoms with Gasteiger partial charge in [0, 0.05) is 42.6 Å². The van der Waals surface area contributed by atoms with Crippen LogP contribution in [0.2, 0.25) is 0 Å². The maximum absolute atomic E-state index is 13.1. The van der Waals surface area contributed by atoms with Crippen LogP contribution in [0.4, 0.5) is 0 Å². The first kappa shape index (κ1) is 14.2. The Balaban J connectivity index is 1.79. The molecule has 0 aliphatic carbocycles. The Bertz CT molecular complexity index is 939. The number of hydrogen-bond acceptors (Lipinski definition) is 4. The van der Waals surface area contributed by atoms with Crippen LogP contribution in [0.15, 0.2) is 40.8 Å². The fraction of sp³-hybridized carbons (Fsp3) is 0.312. The van der Waals surface area contributed by atoms with E-state index in [2.05, 4.69) is 22.5 Å². The van der Waals surface area contributed by atoms with E-state index in [9.17, 15) is 9.59 Å². The third kappa shape index (κ3) is 2.19. The molecule has 3 aromatic heterocycles. The van der Waals surface area contributed by atoms with Crippen molar-refractivity contribution in [2.24, 2.45) is 0 Å². The number of carbonyl (C=O) groups excluding carboxylic acids is 1. The molecule has 4 heterocycles. The van der Waals surface area contributed by atoms with Crippen molar-refractivity contribution in [2.45, 2.75) is 25.9 Å². The molecule has 0 saturated heterocycles. The molecular weight excluding hydrogens is 312 g/mol. The molecule has 0 unspecified atom stereocenters. The number of thiazole rings is 1. The van der Waals surface area contributed by atoms with E-state index in [1.807, 2.05) is 22.5 Å². The number of amides is 1. The molecule has 4 rings (SSSR count). The van der Waals surface area contributed by atoms with E-state index in [1.165, 1.54) is 17.4 Å². The van der Waals surface area contributed by atoms with E-state index in [0.717, 1.165) is 18.7 Å². The van der Waals surface area contributed by atoms with Crippen molar-refractivity contribution in [3.8, 4) is 0 Å². The average molecular weight is 328 g/mol. The molecule has 3 aromatic rings. The van der Waals surface area contributed by atoms with Crippen LogP contribution < -0.4 is 5.56 Å². The van der Waals surface area contributed by atoms with Crippen LogP contribution in [-0.4, -0.2) is 31.3 Å². The molecule has 0 fully saturated rings. The minimum Gasteiger partial charge on any atom is -0.348 e. The normalized spacial score (nSPS) is 17.4. The predicted octanol–water partition coefficient (Wildman–Crippen LogP) is 2.16. The highest BCUT2D eigenvalue weighted by Gasteiger charge is 2.31. The molecule has 23 heavy (non-hydrogen) atoms. The Kier molecular flexibility index (Phi) is 3.30. The highest BCUT2D eigenvalue weighted by molar-refractivity contribution is 7.15. The monoisotopic (exact) mass is 328 g/mol. The molecule has 1 aliphatic heterocycles. The number of rotatable bonds is 2. The lowest BCUT2D eigenvalue weighted by Gasteiger charge is -2.36. The molecule has 6 nitrogen and oxygen atoms in total. The quantitative estimate of drug-likeness (QED) is 0.724. The number of aromatic nitrogens is 3. The molecule has 1 amide bonds. The first-order valence-electron chi connectivity index (χ1n) is 7.62. The fourth-order valence-electron chi connectivity index (χ4n) is 3.30. The Morgan fingerprint density at radius 1 is 1.39 bits per heavy atom. The molecule has 1 atom stereocenters. The van der Waals surface area contributed by atoms with Gasteiger partial charge in [-0.3, -0.25) is 14.0 Å². The van der Waals surface area contributed by atoms with Gasteiger partial charge in [0.05, 0.1) is 6.04 Å². The maximum atomic E-state index is 13.1. The summed E-state index contributed by atoms with van der Waals surface area (Å²) in [5.41, 5.74) is 1.17. The molecule has 118 valence electrons. The van der Waals surface area contributed by atoms with E-state index in [0.29, 0.717) is 17.2 Å². The molecule has 0 bridgehead atoms. The maximum Gasteiger partial charge on any atom is 0.274 e. The smallest absolute Gasteiger partial charge is 0.274 e. The van der Waals surface area contributed by atoms with Crippen LogP contribution in [0.1, 0.15) is 35.6 Å². The SMILES string of the molecule is CC[C@H]1c2cccn2CCN1C(=O)c1cc(=O)nc2sccn12. The molecule has 0 radical (unpaired) electrons. The second-order valence-electron chi connectivity index (χ2n) is 5.58. The van der Waals surface area contributed by atoms with Gasteiger partial charge in [-0.2, -0.15) is 4.98 Å². The van der Waals surface area contributed by atoms with Crippen LogP contribution in [0, 0.1) is 0 Å². The summed E-state index contributed by atoms with van der Waals surface area (Å²) in [6.07, 6.45) is 4.67. The number of hydrogen-bond donors (Lipinski definition) is 0. The molecule has 0 N–H and O–H groups in total. The molecule has 0 aromatic carbocycles. The van der Waals surface area contributed by atoms with E-state index in [4.69, 9.17) is 0 Å². The van der Waals surface area contributed by atoms with Crippen molar-refractivity contribution in [3.63, 3.8) is 0 Å².